The Labute approximate surface area is 185 Å². The SMILES string of the molecule is COCCOc1ccc2cc(Nc3nc(N[C@H](C)[C@H](C)N)c(F)cc3C(N)=O)cnc2c1. The summed E-state index contributed by atoms with van der Waals surface area (Å²) in [5.41, 5.74) is 12.5. The summed E-state index contributed by atoms with van der Waals surface area (Å²) in [7, 11) is 1.61. The quantitative estimate of drug-likeness (QED) is 0.352. The van der Waals surface area contributed by atoms with Gasteiger partial charge in [0.15, 0.2) is 11.6 Å². The lowest BCUT2D eigenvalue weighted by molar-refractivity contribution is 0.100. The highest BCUT2D eigenvalue weighted by atomic mass is 19.1. The molecule has 0 saturated heterocycles. The van der Waals surface area contributed by atoms with Crippen LogP contribution in [0.4, 0.5) is 21.7 Å². The Kier molecular flexibility index (Phi) is 7.39. The van der Waals surface area contributed by atoms with E-state index in [-0.39, 0.29) is 29.3 Å². The van der Waals surface area contributed by atoms with Crippen molar-refractivity contribution in [1.29, 1.82) is 0 Å². The van der Waals surface area contributed by atoms with Gasteiger partial charge in [0.05, 0.1) is 29.6 Å². The second-order valence-corrected chi connectivity index (χ2v) is 7.42. The maximum Gasteiger partial charge on any atom is 0.252 e. The van der Waals surface area contributed by atoms with Crippen LogP contribution in [0.1, 0.15) is 24.2 Å². The fourth-order valence-corrected chi connectivity index (χ4v) is 2.86. The Balaban J connectivity index is 1.88. The Morgan fingerprint density at radius 3 is 2.66 bits per heavy atom. The third-order valence-corrected chi connectivity index (χ3v) is 4.87. The van der Waals surface area contributed by atoms with Crippen LogP contribution in [0.3, 0.4) is 0 Å². The van der Waals surface area contributed by atoms with Gasteiger partial charge in [-0.05, 0) is 38.1 Å². The number of pyridine rings is 2. The van der Waals surface area contributed by atoms with Crippen LogP contribution in [0.25, 0.3) is 10.9 Å². The molecule has 0 fully saturated rings. The molecule has 2 atom stereocenters. The van der Waals surface area contributed by atoms with E-state index >= 15 is 0 Å². The van der Waals surface area contributed by atoms with Gasteiger partial charge in [-0.3, -0.25) is 9.78 Å². The Morgan fingerprint density at radius 1 is 1.19 bits per heavy atom. The summed E-state index contributed by atoms with van der Waals surface area (Å²) >= 11 is 0. The summed E-state index contributed by atoms with van der Waals surface area (Å²) in [6.07, 6.45) is 1.58. The number of nitrogens with zero attached hydrogens (tertiary/aromatic N) is 2. The molecule has 0 aliphatic heterocycles. The number of anilines is 3. The first-order valence-corrected chi connectivity index (χ1v) is 10.1. The molecule has 0 spiro atoms. The normalized spacial score (nSPS) is 12.9. The number of primary amides is 1. The lowest BCUT2D eigenvalue weighted by atomic mass is 10.1. The molecule has 170 valence electrons. The van der Waals surface area contributed by atoms with Gasteiger partial charge in [-0.15, -0.1) is 0 Å². The van der Waals surface area contributed by atoms with Crippen molar-refractivity contribution < 1.29 is 18.7 Å². The van der Waals surface area contributed by atoms with Crippen LogP contribution in [0, 0.1) is 5.82 Å². The topological polar surface area (TPSA) is 137 Å². The Bertz CT molecular complexity index is 1110. The first-order valence-electron chi connectivity index (χ1n) is 10.1. The Hall–Kier alpha value is -3.50. The number of rotatable bonds is 10. The number of benzene rings is 1. The van der Waals surface area contributed by atoms with Crippen molar-refractivity contribution in [3.8, 4) is 5.75 Å². The van der Waals surface area contributed by atoms with Crippen LogP contribution in [0.5, 0.6) is 5.75 Å². The lowest BCUT2D eigenvalue weighted by Gasteiger charge is -2.20. The molecular weight excluding hydrogens is 415 g/mol. The molecule has 32 heavy (non-hydrogen) atoms. The monoisotopic (exact) mass is 442 g/mol. The minimum Gasteiger partial charge on any atom is -0.491 e. The number of hydrogen-bond acceptors (Lipinski definition) is 8. The first kappa shape index (κ1) is 23.2. The van der Waals surface area contributed by atoms with E-state index in [1.807, 2.05) is 24.3 Å². The van der Waals surface area contributed by atoms with Gasteiger partial charge in [0.1, 0.15) is 18.2 Å². The van der Waals surface area contributed by atoms with Crippen molar-refractivity contribution in [2.75, 3.05) is 31.0 Å². The number of nitrogens with two attached hydrogens (primary N) is 2. The molecule has 0 aliphatic rings. The number of ether oxygens (including phenoxy) is 2. The average molecular weight is 442 g/mol. The fraction of sp³-hybridized carbons (Fsp3) is 0.318. The summed E-state index contributed by atoms with van der Waals surface area (Å²) < 4.78 is 25.1. The van der Waals surface area contributed by atoms with Crippen molar-refractivity contribution >= 4 is 34.1 Å². The standard InChI is InChI=1S/C22H27FN6O3/c1-12(24)13(2)27-22-18(23)10-17(20(25)30)21(29-22)28-15-8-14-4-5-16(32-7-6-31-3)9-19(14)26-11-15/h4-5,8-13H,6-7,24H2,1-3H3,(H2,25,30)(H2,27,28,29)/t12-,13+/m0/s1. The number of carbonyl (C=O) groups is 1. The molecule has 3 aromatic rings. The summed E-state index contributed by atoms with van der Waals surface area (Å²) in [5, 5.41) is 6.76. The maximum absolute atomic E-state index is 14.5. The van der Waals surface area contributed by atoms with E-state index in [0.29, 0.717) is 24.7 Å². The minimum atomic E-state index is -0.808. The first-order chi connectivity index (χ1) is 15.3. The third kappa shape index (κ3) is 5.59. The summed E-state index contributed by atoms with van der Waals surface area (Å²) in [6.45, 7) is 4.52. The molecule has 1 aromatic carbocycles. The number of amides is 1. The number of nitrogens with one attached hydrogen (secondary N) is 2. The van der Waals surface area contributed by atoms with Gasteiger partial charge in [-0.25, -0.2) is 9.37 Å². The van der Waals surface area contributed by atoms with Crippen LogP contribution in [-0.2, 0) is 4.74 Å². The van der Waals surface area contributed by atoms with Crippen molar-refractivity contribution in [3.63, 3.8) is 0 Å². The van der Waals surface area contributed by atoms with E-state index in [1.54, 1.807) is 27.2 Å². The highest BCUT2D eigenvalue weighted by molar-refractivity contribution is 5.99. The number of halogens is 1. The van der Waals surface area contributed by atoms with Gasteiger partial charge in [-0.2, -0.15) is 0 Å². The summed E-state index contributed by atoms with van der Waals surface area (Å²) in [5.74, 6) is -0.752. The third-order valence-electron chi connectivity index (χ3n) is 4.87. The van der Waals surface area contributed by atoms with Crippen molar-refractivity contribution in [2.45, 2.75) is 25.9 Å². The fourth-order valence-electron chi connectivity index (χ4n) is 2.86. The van der Waals surface area contributed by atoms with Crippen LogP contribution in [0.2, 0.25) is 0 Å². The van der Waals surface area contributed by atoms with Crippen LogP contribution in [-0.4, -0.2) is 48.3 Å². The molecule has 0 unspecified atom stereocenters. The number of hydrogen-bond donors (Lipinski definition) is 4. The number of aromatic nitrogens is 2. The molecule has 0 radical (unpaired) electrons. The molecule has 1 amide bonds. The number of fused-ring (bicyclic) bond motifs is 1. The van der Waals surface area contributed by atoms with E-state index in [4.69, 9.17) is 20.9 Å². The van der Waals surface area contributed by atoms with Gasteiger partial charge < -0.3 is 31.6 Å². The van der Waals surface area contributed by atoms with Crippen LogP contribution in [0.15, 0.2) is 36.5 Å². The molecule has 0 bridgehead atoms. The zero-order chi connectivity index (χ0) is 23.3. The summed E-state index contributed by atoms with van der Waals surface area (Å²) in [4.78, 5) is 20.5. The minimum absolute atomic E-state index is 0.0334. The van der Waals surface area contributed by atoms with E-state index in [2.05, 4.69) is 20.6 Å². The lowest BCUT2D eigenvalue weighted by Crippen LogP contribution is -2.35. The predicted octanol–water partition coefficient (Wildman–Crippen LogP) is 2.78. The zero-order valence-corrected chi connectivity index (χ0v) is 18.2. The van der Waals surface area contributed by atoms with E-state index < -0.39 is 11.7 Å². The highest BCUT2D eigenvalue weighted by Crippen LogP contribution is 2.27. The average Bonchev–Trinajstić information content (AvgIpc) is 2.75. The second-order valence-electron chi connectivity index (χ2n) is 7.42. The molecule has 2 aromatic heterocycles. The zero-order valence-electron chi connectivity index (χ0n) is 18.2. The highest BCUT2D eigenvalue weighted by Gasteiger charge is 2.18. The molecule has 3 rings (SSSR count). The van der Waals surface area contributed by atoms with Crippen LogP contribution < -0.4 is 26.8 Å². The molecule has 0 saturated carbocycles. The number of carbonyl (C=O) groups excluding carboxylic acids is 1. The molecule has 2 heterocycles. The molecule has 10 heteroatoms. The van der Waals surface area contributed by atoms with Gasteiger partial charge in [0.25, 0.3) is 5.91 Å². The second kappa shape index (κ2) is 10.2. The predicted molar refractivity (Wildman–Crippen MR) is 122 cm³/mol. The van der Waals surface area contributed by atoms with Gasteiger partial charge >= 0.3 is 0 Å². The maximum atomic E-state index is 14.5. The summed E-state index contributed by atoms with van der Waals surface area (Å²) in [6, 6.07) is 7.90. The Morgan fingerprint density at radius 2 is 1.97 bits per heavy atom. The number of methoxy groups -OCH3 is 1. The van der Waals surface area contributed by atoms with Gasteiger partial charge in [0, 0.05) is 30.6 Å². The van der Waals surface area contributed by atoms with Crippen molar-refractivity contribution in [1.82, 2.24) is 9.97 Å². The van der Waals surface area contributed by atoms with E-state index in [9.17, 15) is 9.18 Å². The molecule has 9 nitrogen and oxygen atoms in total. The van der Waals surface area contributed by atoms with Crippen molar-refractivity contribution in [3.05, 3.63) is 47.9 Å². The smallest absolute Gasteiger partial charge is 0.252 e. The van der Waals surface area contributed by atoms with Gasteiger partial charge in [0.2, 0.25) is 0 Å². The van der Waals surface area contributed by atoms with Gasteiger partial charge in [-0.1, -0.05) is 0 Å². The molecule has 6 N–H and O–H groups in total. The van der Waals surface area contributed by atoms with Crippen molar-refractivity contribution in [2.24, 2.45) is 11.5 Å². The molecular formula is C22H27FN6O3. The molecule has 0 aliphatic carbocycles. The van der Waals surface area contributed by atoms with Crippen LogP contribution >= 0.6 is 0 Å². The largest absolute Gasteiger partial charge is 0.491 e. The van der Waals surface area contributed by atoms with E-state index in [1.165, 1.54) is 0 Å². The van der Waals surface area contributed by atoms with E-state index in [0.717, 1.165) is 17.0 Å².